The van der Waals surface area contributed by atoms with Crippen LogP contribution in [0.1, 0.15) is 68.0 Å². The van der Waals surface area contributed by atoms with Crippen LogP contribution in [0.5, 0.6) is 11.5 Å². The molecule has 0 saturated heterocycles. The van der Waals surface area contributed by atoms with Gasteiger partial charge in [0.1, 0.15) is 17.3 Å². The number of aryl methyl sites for hydroxylation is 2. The molecule has 0 bridgehead atoms. The van der Waals surface area contributed by atoms with Crippen molar-refractivity contribution in [3.63, 3.8) is 0 Å². The van der Waals surface area contributed by atoms with Crippen LogP contribution in [0.15, 0.2) is 78.9 Å². The molecule has 0 amide bonds. The standard InChI is InChI=1S/C34H38N2O2/c1-23(2)30-17-12-24(3)20-33(30)38-19-9-8-18-36-32-11-7-6-10-31(32)35-34(36)25(4)26-13-14-28-22-29(37-5)16-15-27(28)21-26/h6-7,10-17,20-23,25H,8-9,18-19H2,1-5H3. The fraction of sp³-hybridized carbons (Fsp3) is 0.324. The number of fused-ring (bicyclic) bond motifs is 2. The SMILES string of the molecule is COc1ccc2cc(C(C)c3nc4ccccc4n3CCCCOc3cc(C)ccc3C(C)C)ccc2c1. The minimum absolute atomic E-state index is 0.172. The number of hydrogen-bond donors (Lipinski definition) is 0. The fourth-order valence-electron chi connectivity index (χ4n) is 5.25. The Morgan fingerprint density at radius 1 is 0.842 bits per heavy atom. The third-order valence-electron chi connectivity index (χ3n) is 7.47. The van der Waals surface area contributed by atoms with Crippen LogP contribution in [-0.2, 0) is 6.54 Å². The van der Waals surface area contributed by atoms with E-state index < -0.39 is 0 Å². The predicted molar refractivity (Wildman–Crippen MR) is 158 cm³/mol. The van der Waals surface area contributed by atoms with E-state index >= 15 is 0 Å². The molecule has 4 aromatic carbocycles. The quantitative estimate of drug-likeness (QED) is 0.178. The first kappa shape index (κ1) is 25.8. The first-order valence-electron chi connectivity index (χ1n) is 13.7. The maximum atomic E-state index is 6.26. The van der Waals surface area contributed by atoms with Gasteiger partial charge < -0.3 is 14.0 Å². The van der Waals surface area contributed by atoms with Crippen molar-refractivity contribution >= 4 is 21.8 Å². The summed E-state index contributed by atoms with van der Waals surface area (Å²) in [5.41, 5.74) is 6.03. The van der Waals surface area contributed by atoms with Crippen molar-refractivity contribution in [2.75, 3.05) is 13.7 Å². The van der Waals surface area contributed by atoms with Gasteiger partial charge in [-0.15, -0.1) is 0 Å². The van der Waals surface area contributed by atoms with Gasteiger partial charge in [0.25, 0.3) is 0 Å². The Morgan fingerprint density at radius 3 is 2.45 bits per heavy atom. The lowest BCUT2D eigenvalue weighted by molar-refractivity contribution is 0.299. The Bertz CT molecular complexity index is 1550. The number of imidazole rings is 1. The van der Waals surface area contributed by atoms with E-state index in [-0.39, 0.29) is 5.92 Å². The summed E-state index contributed by atoms with van der Waals surface area (Å²) in [5, 5.41) is 2.40. The van der Waals surface area contributed by atoms with Crippen molar-refractivity contribution in [3.8, 4) is 11.5 Å². The fourth-order valence-corrected chi connectivity index (χ4v) is 5.25. The summed E-state index contributed by atoms with van der Waals surface area (Å²) in [6.45, 7) is 10.5. The van der Waals surface area contributed by atoms with E-state index in [2.05, 4.69) is 105 Å². The van der Waals surface area contributed by atoms with Crippen LogP contribution in [0.3, 0.4) is 0 Å². The van der Waals surface area contributed by atoms with Crippen molar-refractivity contribution in [2.45, 2.75) is 58.9 Å². The lowest BCUT2D eigenvalue weighted by Gasteiger charge is -2.17. The third-order valence-corrected chi connectivity index (χ3v) is 7.47. The molecule has 0 aliphatic rings. The van der Waals surface area contributed by atoms with Crippen LogP contribution < -0.4 is 9.47 Å². The largest absolute Gasteiger partial charge is 0.497 e. The number of aromatic nitrogens is 2. The van der Waals surface area contributed by atoms with Gasteiger partial charge in [-0.3, -0.25) is 0 Å². The molecule has 0 saturated carbocycles. The van der Waals surface area contributed by atoms with E-state index in [1.54, 1.807) is 7.11 Å². The van der Waals surface area contributed by atoms with Crippen molar-refractivity contribution in [1.29, 1.82) is 0 Å². The number of benzene rings is 4. The second kappa shape index (κ2) is 11.3. The summed E-state index contributed by atoms with van der Waals surface area (Å²) in [5.74, 6) is 3.64. The first-order valence-corrected chi connectivity index (χ1v) is 13.7. The van der Waals surface area contributed by atoms with Gasteiger partial charge in [0.15, 0.2) is 0 Å². The molecule has 0 N–H and O–H groups in total. The molecular weight excluding hydrogens is 468 g/mol. The number of rotatable bonds is 10. The molecule has 38 heavy (non-hydrogen) atoms. The van der Waals surface area contributed by atoms with Crippen molar-refractivity contribution in [3.05, 3.63) is 101 Å². The number of para-hydroxylation sites is 2. The Morgan fingerprint density at radius 2 is 1.63 bits per heavy atom. The van der Waals surface area contributed by atoms with Crippen LogP contribution in [0, 0.1) is 6.92 Å². The summed E-state index contributed by atoms with van der Waals surface area (Å²) in [7, 11) is 1.71. The zero-order chi connectivity index (χ0) is 26.6. The molecule has 1 atom stereocenters. The molecule has 5 aromatic rings. The van der Waals surface area contributed by atoms with Gasteiger partial charge in [-0.2, -0.15) is 0 Å². The number of ether oxygens (including phenoxy) is 2. The van der Waals surface area contributed by atoms with Crippen molar-refractivity contribution in [2.24, 2.45) is 0 Å². The Kier molecular flexibility index (Phi) is 7.69. The molecule has 1 unspecified atom stereocenters. The van der Waals surface area contributed by atoms with Gasteiger partial charge in [-0.1, -0.05) is 69.3 Å². The average molecular weight is 507 g/mol. The van der Waals surface area contributed by atoms with E-state index in [1.807, 2.05) is 6.07 Å². The molecule has 4 heteroatoms. The molecule has 0 aliphatic carbocycles. The average Bonchev–Trinajstić information content (AvgIpc) is 3.30. The summed E-state index contributed by atoms with van der Waals surface area (Å²) in [6, 6.07) is 27.9. The van der Waals surface area contributed by atoms with Crippen molar-refractivity contribution < 1.29 is 9.47 Å². The highest BCUT2D eigenvalue weighted by molar-refractivity contribution is 5.85. The second-order valence-electron chi connectivity index (χ2n) is 10.6. The van der Waals surface area contributed by atoms with Crippen LogP contribution in [0.2, 0.25) is 0 Å². The summed E-state index contributed by atoms with van der Waals surface area (Å²) in [4.78, 5) is 5.10. The van der Waals surface area contributed by atoms with Crippen molar-refractivity contribution in [1.82, 2.24) is 9.55 Å². The number of hydrogen-bond acceptors (Lipinski definition) is 3. The number of unbranched alkanes of at least 4 members (excludes halogenated alkanes) is 1. The molecule has 0 aliphatic heterocycles. The molecule has 1 aromatic heterocycles. The predicted octanol–water partition coefficient (Wildman–Crippen LogP) is 8.64. The summed E-state index contributed by atoms with van der Waals surface area (Å²) in [6.07, 6.45) is 2.02. The van der Waals surface area contributed by atoms with E-state index in [0.717, 1.165) is 48.8 Å². The van der Waals surface area contributed by atoms with Gasteiger partial charge in [-0.05, 0) is 83.5 Å². The highest BCUT2D eigenvalue weighted by atomic mass is 16.5. The Labute approximate surface area is 226 Å². The van der Waals surface area contributed by atoms with Crippen LogP contribution in [-0.4, -0.2) is 23.3 Å². The third kappa shape index (κ3) is 5.40. The van der Waals surface area contributed by atoms with E-state index in [9.17, 15) is 0 Å². The van der Waals surface area contributed by atoms with Crippen LogP contribution in [0.4, 0.5) is 0 Å². The molecule has 0 radical (unpaired) electrons. The van der Waals surface area contributed by atoms with Gasteiger partial charge >= 0.3 is 0 Å². The zero-order valence-electron chi connectivity index (χ0n) is 23.2. The Hall–Kier alpha value is -3.79. The number of methoxy groups -OCH3 is 1. The minimum atomic E-state index is 0.172. The highest BCUT2D eigenvalue weighted by Crippen LogP contribution is 2.31. The summed E-state index contributed by atoms with van der Waals surface area (Å²) < 4.78 is 14.1. The lowest BCUT2D eigenvalue weighted by Crippen LogP contribution is -2.10. The lowest BCUT2D eigenvalue weighted by atomic mass is 9.97. The maximum absolute atomic E-state index is 6.26. The molecular formula is C34H38N2O2. The molecule has 0 fully saturated rings. The minimum Gasteiger partial charge on any atom is -0.497 e. The van der Waals surface area contributed by atoms with Gasteiger partial charge in [-0.25, -0.2) is 4.98 Å². The maximum Gasteiger partial charge on any atom is 0.122 e. The van der Waals surface area contributed by atoms with Gasteiger partial charge in [0, 0.05) is 12.5 Å². The topological polar surface area (TPSA) is 36.3 Å². The van der Waals surface area contributed by atoms with Crippen LogP contribution >= 0.6 is 0 Å². The van der Waals surface area contributed by atoms with Crippen LogP contribution in [0.25, 0.3) is 21.8 Å². The molecule has 0 spiro atoms. The van der Waals surface area contributed by atoms with E-state index in [4.69, 9.17) is 14.5 Å². The van der Waals surface area contributed by atoms with Gasteiger partial charge in [0.2, 0.25) is 0 Å². The van der Waals surface area contributed by atoms with Gasteiger partial charge in [0.05, 0.1) is 24.8 Å². The molecule has 4 nitrogen and oxygen atoms in total. The molecule has 5 rings (SSSR count). The smallest absolute Gasteiger partial charge is 0.122 e. The monoisotopic (exact) mass is 506 g/mol. The molecule has 1 heterocycles. The number of nitrogens with zero attached hydrogens (tertiary/aromatic N) is 2. The normalized spacial score (nSPS) is 12.4. The first-order chi connectivity index (χ1) is 18.4. The highest BCUT2D eigenvalue weighted by Gasteiger charge is 2.18. The second-order valence-corrected chi connectivity index (χ2v) is 10.6. The Balaban J connectivity index is 1.33. The van der Waals surface area contributed by atoms with E-state index in [1.165, 1.54) is 33.0 Å². The zero-order valence-corrected chi connectivity index (χ0v) is 23.2. The molecule has 196 valence electrons. The summed E-state index contributed by atoms with van der Waals surface area (Å²) >= 11 is 0. The van der Waals surface area contributed by atoms with E-state index in [0.29, 0.717) is 5.92 Å².